The van der Waals surface area contributed by atoms with Crippen LogP contribution >= 0.6 is 15.9 Å². The number of carbonyl (C=O) groups is 1. The molecule has 0 radical (unpaired) electrons. The predicted octanol–water partition coefficient (Wildman–Crippen LogP) is 4.06. The minimum atomic E-state index is -0.377. The zero-order chi connectivity index (χ0) is 14.7. The van der Waals surface area contributed by atoms with E-state index in [1.54, 1.807) is 13.0 Å². The van der Waals surface area contributed by atoms with E-state index in [2.05, 4.69) is 21.2 Å². The Kier molecular flexibility index (Phi) is 4.49. The summed E-state index contributed by atoms with van der Waals surface area (Å²) in [5.74, 6) is 0.892. The van der Waals surface area contributed by atoms with Gasteiger partial charge in [0.25, 0.3) is 0 Å². The third kappa shape index (κ3) is 3.22. The molecule has 0 aliphatic carbocycles. The molecule has 0 spiro atoms. The number of hydrogen-bond donors (Lipinski definition) is 1. The molecule has 0 fully saturated rings. The van der Waals surface area contributed by atoms with Crippen LogP contribution in [0, 0.1) is 13.8 Å². The van der Waals surface area contributed by atoms with Crippen molar-refractivity contribution in [1.29, 1.82) is 0 Å². The van der Waals surface area contributed by atoms with Crippen LogP contribution in [0.5, 0.6) is 0 Å². The van der Waals surface area contributed by atoms with Crippen molar-refractivity contribution in [2.75, 3.05) is 12.4 Å². The largest absolute Gasteiger partial charge is 0.465 e. The average molecular weight is 338 g/mol. The van der Waals surface area contributed by atoms with Crippen molar-refractivity contribution in [1.82, 2.24) is 0 Å². The zero-order valence-electron chi connectivity index (χ0n) is 11.6. The first kappa shape index (κ1) is 14.7. The van der Waals surface area contributed by atoms with E-state index in [1.807, 2.05) is 25.1 Å². The number of esters is 1. The summed E-state index contributed by atoms with van der Waals surface area (Å²) in [6.07, 6.45) is 0. The maximum absolute atomic E-state index is 11.5. The molecule has 106 valence electrons. The predicted molar refractivity (Wildman–Crippen MR) is 81.0 cm³/mol. The van der Waals surface area contributed by atoms with Gasteiger partial charge in [0, 0.05) is 10.2 Å². The Morgan fingerprint density at radius 3 is 2.75 bits per heavy atom. The van der Waals surface area contributed by atoms with E-state index in [4.69, 9.17) is 9.15 Å². The van der Waals surface area contributed by atoms with Crippen LogP contribution in [0.2, 0.25) is 0 Å². The minimum absolute atomic E-state index is 0.377. The Morgan fingerprint density at radius 1 is 1.35 bits per heavy atom. The second kappa shape index (κ2) is 6.13. The van der Waals surface area contributed by atoms with Gasteiger partial charge in [0.15, 0.2) is 0 Å². The monoisotopic (exact) mass is 337 g/mol. The molecule has 0 atom stereocenters. The molecule has 0 amide bonds. The zero-order valence-corrected chi connectivity index (χ0v) is 13.2. The van der Waals surface area contributed by atoms with Crippen LogP contribution in [0.1, 0.15) is 27.4 Å². The normalized spacial score (nSPS) is 10.4. The van der Waals surface area contributed by atoms with E-state index in [0.29, 0.717) is 23.6 Å². The molecule has 0 unspecified atom stereocenters. The number of anilines is 1. The van der Waals surface area contributed by atoms with E-state index in [0.717, 1.165) is 15.7 Å². The third-order valence-corrected chi connectivity index (χ3v) is 3.51. The van der Waals surface area contributed by atoms with Crippen molar-refractivity contribution in [3.8, 4) is 0 Å². The smallest absolute Gasteiger partial charge is 0.341 e. The number of methoxy groups -OCH3 is 1. The van der Waals surface area contributed by atoms with E-state index >= 15 is 0 Å². The van der Waals surface area contributed by atoms with Gasteiger partial charge in [0.2, 0.25) is 0 Å². The molecule has 1 aromatic heterocycles. The van der Waals surface area contributed by atoms with Gasteiger partial charge in [0.1, 0.15) is 17.1 Å². The highest BCUT2D eigenvalue weighted by atomic mass is 79.9. The quantitative estimate of drug-likeness (QED) is 0.855. The Bertz CT molecular complexity index is 634. The molecular formula is C15H16BrNO3. The fourth-order valence-corrected chi connectivity index (χ4v) is 2.43. The van der Waals surface area contributed by atoms with Gasteiger partial charge in [0.05, 0.1) is 13.7 Å². The topological polar surface area (TPSA) is 51.5 Å². The molecule has 1 N–H and O–H groups in total. The SMILES string of the molecule is COC(=O)c1cc(CNc2ccc(Br)cc2C)oc1C. The first-order valence-corrected chi connectivity index (χ1v) is 6.98. The standard InChI is InChI=1S/C15H16BrNO3/c1-9-6-11(16)4-5-14(9)17-8-12-7-13(10(2)20-12)15(18)19-3/h4-7,17H,8H2,1-3H3. The molecule has 1 heterocycles. The van der Waals surface area contributed by atoms with Crippen LogP contribution in [-0.4, -0.2) is 13.1 Å². The van der Waals surface area contributed by atoms with Gasteiger partial charge in [-0.2, -0.15) is 0 Å². The lowest BCUT2D eigenvalue weighted by atomic mass is 10.2. The highest BCUT2D eigenvalue weighted by Crippen LogP contribution is 2.22. The van der Waals surface area contributed by atoms with Crippen LogP contribution in [-0.2, 0) is 11.3 Å². The van der Waals surface area contributed by atoms with Crippen molar-refractivity contribution >= 4 is 27.6 Å². The van der Waals surface area contributed by atoms with E-state index in [9.17, 15) is 4.79 Å². The van der Waals surface area contributed by atoms with Crippen LogP contribution in [0.4, 0.5) is 5.69 Å². The summed E-state index contributed by atoms with van der Waals surface area (Å²) < 4.78 is 11.3. The van der Waals surface area contributed by atoms with E-state index in [-0.39, 0.29) is 5.97 Å². The number of rotatable bonds is 4. The number of benzene rings is 1. The van der Waals surface area contributed by atoms with Crippen molar-refractivity contribution < 1.29 is 13.9 Å². The number of furan rings is 1. The fraction of sp³-hybridized carbons (Fsp3) is 0.267. The Hall–Kier alpha value is -1.75. The minimum Gasteiger partial charge on any atom is -0.465 e. The highest BCUT2D eigenvalue weighted by Gasteiger charge is 2.15. The highest BCUT2D eigenvalue weighted by molar-refractivity contribution is 9.10. The number of nitrogens with one attached hydrogen (secondary N) is 1. The van der Waals surface area contributed by atoms with Crippen molar-refractivity contribution in [3.05, 3.63) is 51.4 Å². The number of aryl methyl sites for hydroxylation is 2. The van der Waals surface area contributed by atoms with Gasteiger partial charge in [-0.05, 0) is 43.7 Å². The third-order valence-electron chi connectivity index (χ3n) is 3.02. The van der Waals surface area contributed by atoms with Crippen LogP contribution < -0.4 is 5.32 Å². The van der Waals surface area contributed by atoms with Crippen LogP contribution in [0.15, 0.2) is 33.2 Å². The van der Waals surface area contributed by atoms with E-state index < -0.39 is 0 Å². The molecule has 4 nitrogen and oxygen atoms in total. The molecule has 0 aliphatic rings. The summed E-state index contributed by atoms with van der Waals surface area (Å²) in [5.41, 5.74) is 2.63. The summed E-state index contributed by atoms with van der Waals surface area (Å²) >= 11 is 3.43. The molecule has 1 aromatic carbocycles. The van der Waals surface area contributed by atoms with Gasteiger partial charge in [-0.15, -0.1) is 0 Å². The van der Waals surface area contributed by atoms with E-state index in [1.165, 1.54) is 7.11 Å². The average Bonchev–Trinajstić information content (AvgIpc) is 2.78. The molecule has 0 aliphatic heterocycles. The molecule has 2 rings (SSSR count). The van der Waals surface area contributed by atoms with Crippen molar-refractivity contribution in [2.24, 2.45) is 0 Å². The Morgan fingerprint density at radius 2 is 2.10 bits per heavy atom. The summed E-state index contributed by atoms with van der Waals surface area (Å²) in [6, 6.07) is 7.72. The molecule has 0 saturated heterocycles. The number of ether oxygens (including phenoxy) is 1. The maximum Gasteiger partial charge on any atom is 0.341 e. The molecule has 2 aromatic rings. The summed E-state index contributed by atoms with van der Waals surface area (Å²) in [5, 5.41) is 3.29. The van der Waals surface area contributed by atoms with Crippen molar-refractivity contribution in [3.63, 3.8) is 0 Å². The van der Waals surface area contributed by atoms with Gasteiger partial charge in [-0.3, -0.25) is 0 Å². The number of halogens is 1. The van der Waals surface area contributed by atoms with Crippen molar-refractivity contribution in [2.45, 2.75) is 20.4 Å². The fourth-order valence-electron chi connectivity index (χ4n) is 1.95. The molecule has 0 saturated carbocycles. The van der Waals surface area contributed by atoms with Crippen LogP contribution in [0.25, 0.3) is 0 Å². The van der Waals surface area contributed by atoms with Crippen LogP contribution in [0.3, 0.4) is 0 Å². The molecule has 5 heteroatoms. The van der Waals surface area contributed by atoms with Gasteiger partial charge < -0.3 is 14.5 Å². The lowest BCUT2D eigenvalue weighted by molar-refractivity contribution is 0.0599. The first-order chi connectivity index (χ1) is 9.51. The lowest BCUT2D eigenvalue weighted by Crippen LogP contribution is -2.01. The maximum atomic E-state index is 11.5. The summed E-state index contributed by atoms with van der Waals surface area (Å²) in [4.78, 5) is 11.5. The lowest BCUT2D eigenvalue weighted by Gasteiger charge is -2.08. The number of carbonyl (C=O) groups excluding carboxylic acids is 1. The van der Waals surface area contributed by atoms with Gasteiger partial charge >= 0.3 is 5.97 Å². The number of hydrogen-bond acceptors (Lipinski definition) is 4. The molecule has 20 heavy (non-hydrogen) atoms. The Balaban J connectivity index is 2.09. The first-order valence-electron chi connectivity index (χ1n) is 6.19. The summed E-state index contributed by atoms with van der Waals surface area (Å²) in [6.45, 7) is 4.29. The van der Waals surface area contributed by atoms with Gasteiger partial charge in [-0.1, -0.05) is 15.9 Å². The molecular weight excluding hydrogens is 322 g/mol. The molecule has 0 bridgehead atoms. The second-order valence-corrected chi connectivity index (χ2v) is 5.40. The second-order valence-electron chi connectivity index (χ2n) is 4.49. The van der Waals surface area contributed by atoms with Gasteiger partial charge in [-0.25, -0.2) is 4.79 Å². The Labute approximate surface area is 126 Å². The summed E-state index contributed by atoms with van der Waals surface area (Å²) in [7, 11) is 1.36.